The highest BCUT2D eigenvalue weighted by Gasteiger charge is 2.31. The van der Waals surface area contributed by atoms with E-state index in [1.54, 1.807) is 12.4 Å². The van der Waals surface area contributed by atoms with Crippen LogP contribution in [0.4, 0.5) is 0 Å². The van der Waals surface area contributed by atoms with Crippen LogP contribution in [0.3, 0.4) is 0 Å². The van der Waals surface area contributed by atoms with Gasteiger partial charge < -0.3 is 5.32 Å². The van der Waals surface area contributed by atoms with Gasteiger partial charge in [-0.3, -0.25) is 9.97 Å². The van der Waals surface area contributed by atoms with Gasteiger partial charge in [0.25, 0.3) is 0 Å². The van der Waals surface area contributed by atoms with Crippen molar-refractivity contribution in [3.05, 3.63) is 72.1 Å². The van der Waals surface area contributed by atoms with E-state index in [4.69, 9.17) is 17.3 Å². The monoisotopic (exact) mass is 347 g/mol. The number of nitrogens with one attached hydrogen (secondary N) is 1. The summed E-state index contributed by atoms with van der Waals surface area (Å²) >= 11 is 5.47. The van der Waals surface area contributed by atoms with Gasteiger partial charge in [-0.1, -0.05) is 36.4 Å². The fourth-order valence-electron chi connectivity index (χ4n) is 3.06. The molecule has 0 amide bonds. The molecule has 124 valence electrons. The molecular formula is C19H17N5S. The highest BCUT2D eigenvalue weighted by atomic mass is 32.1. The topological polar surface area (TPSA) is 53.4 Å². The van der Waals surface area contributed by atoms with Gasteiger partial charge in [0, 0.05) is 25.9 Å². The Labute approximate surface area is 151 Å². The van der Waals surface area contributed by atoms with E-state index in [1.165, 1.54) is 0 Å². The Morgan fingerprint density at radius 3 is 2.60 bits per heavy atom. The number of hydrazone groups is 1. The molecule has 0 radical (unpaired) electrons. The molecule has 1 aliphatic heterocycles. The largest absolute Gasteiger partial charge is 0.364 e. The summed E-state index contributed by atoms with van der Waals surface area (Å²) in [4.78, 5) is 8.75. The molecule has 1 N–H and O–H groups in total. The van der Waals surface area contributed by atoms with Gasteiger partial charge in [0.05, 0.1) is 22.8 Å². The van der Waals surface area contributed by atoms with E-state index >= 15 is 0 Å². The van der Waals surface area contributed by atoms with E-state index < -0.39 is 0 Å². The van der Waals surface area contributed by atoms with Gasteiger partial charge in [0.1, 0.15) is 0 Å². The quantitative estimate of drug-likeness (QED) is 0.721. The summed E-state index contributed by atoms with van der Waals surface area (Å²) in [5.74, 6) is 0. The van der Waals surface area contributed by atoms with E-state index in [0.29, 0.717) is 5.11 Å². The van der Waals surface area contributed by atoms with Crippen molar-refractivity contribution in [2.75, 3.05) is 7.05 Å². The standard InChI is InChI=1S/C19H17N5S/c1-20-19(25)24-18(12-16(23-24)13-5-3-2-4-6-13)14-7-8-15-17(11-14)22-10-9-21-15/h2-11,18H,12H2,1H3,(H,20,25)/t18-/m0/s1. The summed E-state index contributed by atoms with van der Waals surface area (Å²) in [6.45, 7) is 0. The minimum absolute atomic E-state index is 0.0431. The third-order valence-corrected chi connectivity index (χ3v) is 4.71. The lowest BCUT2D eigenvalue weighted by Gasteiger charge is -2.23. The van der Waals surface area contributed by atoms with Crippen LogP contribution in [0.5, 0.6) is 0 Å². The van der Waals surface area contributed by atoms with Crippen molar-refractivity contribution >= 4 is 34.1 Å². The van der Waals surface area contributed by atoms with Crippen LogP contribution in [0.25, 0.3) is 11.0 Å². The Bertz CT molecular complexity index is 954. The number of nitrogens with zero attached hydrogens (tertiary/aromatic N) is 4. The summed E-state index contributed by atoms with van der Waals surface area (Å²) in [5.41, 5.74) is 5.04. The van der Waals surface area contributed by atoms with E-state index in [2.05, 4.69) is 39.6 Å². The highest BCUT2D eigenvalue weighted by molar-refractivity contribution is 7.80. The van der Waals surface area contributed by atoms with Crippen molar-refractivity contribution in [2.24, 2.45) is 5.10 Å². The van der Waals surface area contributed by atoms with Gasteiger partial charge in [0.2, 0.25) is 0 Å². The molecule has 2 heterocycles. The number of thiocarbonyl (C=S) groups is 1. The van der Waals surface area contributed by atoms with Crippen molar-refractivity contribution in [1.29, 1.82) is 0 Å². The average molecular weight is 347 g/mol. The van der Waals surface area contributed by atoms with Gasteiger partial charge in [-0.25, -0.2) is 5.01 Å². The van der Waals surface area contributed by atoms with Crippen LogP contribution in [-0.2, 0) is 0 Å². The zero-order chi connectivity index (χ0) is 17.2. The van der Waals surface area contributed by atoms with Gasteiger partial charge in [-0.15, -0.1) is 0 Å². The SMILES string of the molecule is CNC(=S)N1N=C(c2ccccc2)C[C@H]1c1ccc2nccnc2c1. The summed E-state index contributed by atoms with van der Waals surface area (Å²) in [5, 5.41) is 10.3. The summed E-state index contributed by atoms with van der Waals surface area (Å²) < 4.78 is 0. The van der Waals surface area contributed by atoms with Crippen molar-refractivity contribution in [3.8, 4) is 0 Å². The molecule has 3 aromatic rings. The molecule has 4 rings (SSSR count). The lowest BCUT2D eigenvalue weighted by Crippen LogP contribution is -2.34. The van der Waals surface area contributed by atoms with Crippen LogP contribution in [0, 0.1) is 0 Å². The second-order valence-electron chi connectivity index (χ2n) is 5.84. The molecule has 0 aliphatic carbocycles. The Kier molecular flexibility index (Phi) is 4.11. The number of benzene rings is 2. The molecule has 0 saturated carbocycles. The molecule has 25 heavy (non-hydrogen) atoms. The molecule has 5 nitrogen and oxygen atoms in total. The van der Waals surface area contributed by atoms with Crippen LogP contribution in [0.1, 0.15) is 23.6 Å². The minimum atomic E-state index is 0.0431. The molecule has 1 atom stereocenters. The second kappa shape index (κ2) is 6.57. The first-order valence-corrected chi connectivity index (χ1v) is 8.51. The first-order chi connectivity index (χ1) is 12.3. The third-order valence-electron chi connectivity index (χ3n) is 4.32. The molecule has 1 aliphatic rings. The number of fused-ring (bicyclic) bond motifs is 1. The van der Waals surface area contributed by atoms with Gasteiger partial charge in [0.15, 0.2) is 5.11 Å². The molecule has 2 aromatic carbocycles. The highest BCUT2D eigenvalue weighted by Crippen LogP contribution is 2.33. The van der Waals surface area contributed by atoms with Crippen LogP contribution in [0.15, 0.2) is 66.0 Å². The Hall–Kier alpha value is -2.86. The van der Waals surface area contributed by atoms with Gasteiger partial charge in [-0.2, -0.15) is 5.10 Å². The Morgan fingerprint density at radius 1 is 1.08 bits per heavy atom. The van der Waals surface area contributed by atoms with E-state index in [1.807, 2.05) is 36.3 Å². The fraction of sp³-hybridized carbons (Fsp3) is 0.158. The number of hydrogen-bond donors (Lipinski definition) is 1. The average Bonchev–Trinajstić information content (AvgIpc) is 3.13. The maximum Gasteiger partial charge on any atom is 0.189 e. The molecule has 1 aromatic heterocycles. The molecule has 0 bridgehead atoms. The summed E-state index contributed by atoms with van der Waals surface area (Å²) in [6.07, 6.45) is 4.21. The predicted octanol–water partition coefficient (Wildman–Crippen LogP) is 3.29. The zero-order valence-corrected chi connectivity index (χ0v) is 14.6. The zero-order valence-electron chi connectivity index (χ0n) is 13.8. The number of rotatable bonds is 2. The minimum Gasteiger partial charge on any atom is -0.364 e. The van der Waals surface area contributed by atoms with Crippen LogP contribution < -0.4 is 5.32 Å². The normalized spacial score (nSPS) is 16.8. The van der Waals surface area contributed by atoms with Gasteiger partial charge in [-0.05, 0) is 35.5 Å². The lowest BCUT2D eigenvalue weighted by atomic mass is 9.98. The predicted molar refractivity (Wildman–Crippen MR) is 103 cm³/mol. The number of hydrogen-bond acceptors (Lipinski definition) is 4. The maximum atomic E-state index is 5.47. The van der Waals surface area contributed by atoms with Crippen molar-refractivity contribution in [3.63, 3.8) is 0 Å². The van der Waals surface area contributed by atoms with E-state index in [9.17, 15) is 0 Å². The Balaban J connectivity index is 1.73. The smallest absolute Gasteiger partial charge is 0.189 e. The van der Waals surface area contributed by atoms with Crippen molar-refractivity contribution < 1.29 is 0 Å². The fourth-order valence-corrected chi connectivity index (χ4v) is 3.23. The molecule has 0 unspecified atom stereocenters. The lowest BCUT2D eigenvalue weighted by molar-refractivity contribution is 0.367. The van der Waals surface area contributed by atoms with Gasteiger partial charge >= 0.3 is 0 Å². The molecule has 0 fully saturated rings. The molecular weight excluding hydrogens is 330 g/mol. The van der Waals surface area contributed by atoms with Crippen molar-refractivity contribution in [2.45, 2.75) is 12.5 Å². The van der Waals surface area contributed by atoms with Crippen LogP contribution in [0.2, 0.25) is 0 Å². The second-order valence-corrected chi connectivity index (χ2v) is 6.22. The number of aromatic nitrogens is 2. The van der Waals surface area contributed by atoms with Crippen LogP contribution >= 0.6 is 12.2 Å². The third kappa shape index (κ3) is 2.96. The molecule has 0 spiro atoms. The van der Waals surface area contributed by atoms with Crippen LogP contribution in [-0.4, -0.2) is 32.8 Å². The first-order valence-electron chi connectivity index (χ1n) is 8.11. The summed E-state index contributed by atoms with van der Waals surface area (Å²) in [7, 11) is 1.82. The molecule has 0 saturated heterocycles. The van der Waals surface area contributed by atoms with Crippen molar-refractivity contribution in [1.82, 2.24) is 20.3 Å². The first kappa shape index (κ1) is 15.7. The maximum absolute atomic E-state index is 5.47. The Morgan fingerprint density at radius 2 is 1.84 bits per heavy atom. The summed E-state index contributed by atoms with van der Waals surface area (Å²) in [6, 6.07) is 16.4. The van der Waals surface area contributed by atoms with E-state index in [0.717, 1.165) is 34.3 Å². The molecule has 6 heteroatoms. The van der Waals surface area contributed by atoms with E-state index in [-0.39, 0.29) is 6.04 Å².